The number of amides is 1. The van der Waals surface area contributed by atoms with Crippen LogP contribution in [0.3, 0.4) is 0 Å². The number of fused-ring (bicyclic) bond motifs is 2. The van der Waals surface area contributed by atoms with Crippen LogP contribution in [0.4, 0.5) is 0 Å². The van der Waals surface area contributed by atoms with Gasteiger partial charge in [-0.1, -0.05) is 26.2 Å². The summed E-state index contributed by atoms with van der Waals surface area (Å²) in [7, 11) is 0. The summed E-state index contributed by atoms with van der Waals surface area (Å²) in [5.41, 5.74) is 0. The molecule has 0 radical (unpaired) electrons. The molecule has 0 spiro atoms. The lowest BCUT2D eigenvalue weighted by molar-refractivity contribution is -0.136. The van der Waals surface area contributed by atoms with Crippen LogP contribution >= 0.6 is 0 Å². The molecule has 0 N–H and O–H groups in total. The Kier molecular flexibility index (Phi) is 3.66. The number of likely N-dealkylation sites (tertiary alicyclic amines) is 1. The van der Waals surface area contributed by atoms with Crippen molar-refractivity contribution in [3.63, 3.8) is 0 Å². The van der Waals surface area contributed by atoms with Gasteiger partial charge in [-0.2, -0.15) is 0 Å². The quantitative estimate of drug-likeness (QED) is 0.637. The fraction of sp³-hybridized carbons (Fsp3) is 0.923. The summed E-state index contributed by atoms with van der Waals surface area (Å²) in [6, 6.07) is 0.609. The average Bonchev–Trinajstić information content (AvgIpc) is 2.60. The monoisotopic (exact) mass is 209 g/mol. The van der Waals surface area contributed by atoms with Crippen molar-refractivity contribution in [1.82, 2.24) is 4.90 Å². The molecule has 0 aromatic rings. The highest BCUT2D eigenvalue weighted by Gasteiger charge is 2.37. The maximum atomic E-state index is 11.8. The number of hydrogen-bond donors (Lipinski definition) is 0. The van der Waals surface area contributed by atoms with Crippen molar-refractivity contribution in [3.8, 4) is 0 Å². The number of hydrogen-bond acceptors (Lipinski definition) is 1. The Labute approximate surface area is 93.0 Å². The van der Waals surface area contributed by atoms with Gasteiger partial charge in [-0.3, -0.25) is 4.79 Å². The van der Waals surface area contributed by atoms with E-state index < -0.39 is 0 Å². The summed E-state index contributed by atoms with van der Waals surface area (Å²) in [5, 5.41) is 0. The standard InChI is InChI=1S/C13H23NO/c1-2-3-4-5-8-14-12-7-6-11(9-12)10-13(14)15/h11-12H,2-10H2,1H3. The molecule has 15 heavy (non-hydrogen) atoms. The highest BCUT2D eigenvalue weighted by molar-refractivity contribution is 5.78. The molecule has 1 amide bonds. The van der Waals surface area contributed by atoms with E-state index in [0.29, 0.717) is 11.9 Å². The van der Waals surface area contributed by atoms with Crippen LogP contribution < -0.4 is 0 Å². The predicted molar refractivity (Wildman–Crippen MR) is 61.6 cm³/mol. The van der Waals surface area contributed by atoms with Gasteiger partial charge in [0.05, 0.1) is 0 Å². The number of nitrogens with zero attached hydrogens (tertiary/aromatic N) is 1. The van der Waals surface area contributed by atoms with Crippen molar-refractivity contribution in [1.29, 1.82) is 0 Å². The van der Waals surface area contributed by atoms with Gasteiger partial charge < -0.3 is 4.90 Å². The van der Waals surface area contributed by atoms with Crippen LogP contribution in [0.15, 0.2) is 0 Å². The Morgan fingerprint density at radius 2 is 2.13 bits per heavy atom. The van der Waals surface area contributed by atoms with Crippen molar-refractivity contribution >= 4 is 5.91 Å². The first-order valence-electron chi connectivity index (χ1n) is 6.60. The molecule has 2 heteroatoms. The molecular weight excluding hydrogens is 186 g/mol. The van der Waals surface area contributed by atoms with Gasteiger partial charge in [0.2, 0.25) is 5.91 Å². The molecule has 2 aliphatic rings. The highest BCUT2D eigenvalue weighted by atomic mass is 16.2. The van der Waals surface area contributed by atoms with Crippen LogP contribution in [0.5, 0.6) is 0 Å². The molecule has 1 saturated heterocycles. The summed E-state index contributed by atoms with van der Waals surface area (Å²) in [4.78, 5) is 14.0. The maximum absolute atomic E-state index is 11.8. The van der Waals surface area contributed by atoms with Crippen molar-refractivity contribution in [3.05, 3.63) is 0 Å². The lowest BCUT2D eigenvalue weighted by atomic mass is 9.98. The van der Waals surface area contributed by atoms with Gasteiger partial charge in [0, 0.05) is 19.0 Å². The second-order valence-electron chi connectivity index (χ2n) is 5.18. The summed E-state index contributed by atoms with van der Waals surface area (Å²) in [6.07, 6.45) is 9.78. The molecule has 2 fully saturated rings. The fourth-order valence-corrected chi connectivity index (χ4v) is 3.10. The summed E-state index contributed by atoms with van der Waals surface area (Å²) in [5.74, 6) is 1.17. The Bertz CT molecular complexity index is 227. The van der Waals surface area contributed by atoms with E-state index in [0.717, 1.165) is 18.9 Å². The molecule has 2 unspecified atom stereocenters. The zero-order chi connectivity index (χ0) is 10.7. The third-order valence-corrected chi connectivity index (χ3v) is 3.99. The Hall–Kier alpha value is -0.530. The molecule has 2 rings (SSSR count). The normalized spacial score (nSPS) is 29.9. The molecule has 1 aliphatic carbocycles. The van der Waals surface area contributed by atoms with Crippen molar-refractivity contribution in [2.45, 2.75) is 64.3 Å². The first-order valence-corrected chi connectivity index (χ1v) is 6.60. The summed E-state index contributed by atoms with van der Waals surface area (Å²) >= 11 is 0. The molecule has 2 atom stereocenters. The van der Waals surface area contributed by atoms with Crippen LogP contribution in [-0.2, 0) is 4.79 Å². The number of piperidine rings is 1. The lowest BCUT2D eigenvalue weighted by Crippen LogP contribution is -2.42. The number of carbonyl (C=O) groups excluding carboxylic acids is 1. The van der Waals surface area contributed by atoms with E-state index in [-0.39, 0.29) is 0 Å². The van der Waals surface area contributed by atoms with Gasteiger partial charge in [-0.25, -0.2) is 0 Å². The first-order chi connectivity index (χ1) is 7.31. The second-order valence-corrected chi connectivity index (χ2v) is 5.18. The van der Waals surface area contributed by atoms with Gasteiger partial charge in [0.15, 0.2) is 0 Å². The van der Waals surface area contributed by atoms with Crippen LogP contribution in [-0.4, -0.2) is 23.4 Å². The van der Waals surface area contributed by atoms with E-state index in [9.17, 15) is 4.79 Å². The molecule has 1 heterocycles. The van der Waals surface area contributed by atoms with E-state index >= 15 is 0 Å². The maximum Gasteiger partial charge on any atom is 0.223 e. The molecule has 2 bridgehead atoms. The minimum Gasteiger partial charge on any atom is -0.340 e. The van der Waals surface area contributed by atoms with Crippen molar-refractivity contribution in [2.75, 3.05) is 6.54 Å². The SMILES string of the molecule is CCCCCCN1C(=O)CC2CCC1C2. The Morgan fingerprint density at radius 3 is 2.93 bits per heavy atom. The molecule has 0 aromatic heterocycles. The van der Waals surface area contributed by atoms with Crippen molar-refractivity contribution in [2.24, 2.45) is 5.92 Å². The van der Waals surface area contributed by atoms with E-state index in [1.807, 2.05) is 0 Å². The summed E-state index contributed by atoms with van der Waals surface area (Å²) in [6.45, 7) is 3.25. The Balaban J connectivity index is 1.77. The van der Waals surface area contributed by atoms with Crippen molar-refractivity contribution < 1.29 is 4.79 Å². The smallest absolute Gasteiger partial charge is 0.223 e. The van der Waals surface area contributed by atoms with Crippen LogP contribution in [0, 0.1) is 5.92 Å². The lowest BCUT2D eigenvalue weighted by Gasteiger charge is -2.33. The van der Waals surface area contributed by atoms with Gasteiger partial charge in [-0.05, 0) is 31.6 Å². The first kappa shape index (κ1) is 11.0. The van der Waals surface area contributed by atoms with E-state index in [1.54, 1.807) is 0 Å². The number of carbonyl (C=O) groups is 1. The third-order valence-electron chi connectivity index (χ3n) is 3.99. The van der Waals surface area contributed by atoms with Gasteiger partial charge >= 0.3 is 0 Å². The van der Waals surface area contributed by atoms with Crippen LogP contribution in [0.25, 0.3) is 0 Å². The minimum atomic E-state index is 0.435. The molecule has 86 valence electrons. The van der Waals surface area contributed by atoms with E-state index in [1.165, 1.54) is 44.9 Å². The van der Waals surface area contributed by atoms with E-state index in [4.69, 9.17) is 0 Å². The predicted octanol–water partition coefficient (Wildman–Crippen LogP) is 2.97. The van der Waals surface area contributed by atoms with Gasteiger partial charge in [-0.15, -0.1) is 0 Å². The molecular formula is C13H23NO. The van der Waals surface area contributed by atoms with Gasteiger partial charge in [0.25, 0.3) is 0 Å². The Morgan fingerprint density at radius 1 is 1.27 bits per heavy atom. The zero-order valence-corrected chi connectivity index (χ0v) is 9.87. The number of unbranched alkanes of at least 4 members (excludes halogenated alkanes) is 3. The topological polar surface area (TPSA) is 20.3 Å². The molecule has 0 aromatic carbocycles. The number of rotatable bonds is 5. The molecule has 2 nitrogen and oxygen atoms in total. The minimum absolute atomic E-state index is 0.435. The zero-order valence-electron chi connectivity index (χ0n) is 9.87. The van der Waals surface area contributed by atoms with Crippen LogP contribution in [0.1, 0.15) is 58.3 Å². The second kappa shape index (κ2) is 5.00. The molecule has 1 saturated carbocycles. The van der Waals surface area contributed by atoms with Crippen LogP contribution in [0.2, 0.25) is 0 Å². The summed E-state index contributed by atoms with van der Waals surface area (Å²) < 4.78 is 0. The highest BCUT2D eigenvalue weighted by Crippen LogP contribution is 2.37. The third kappa shape index (κ3) is 2.53. The largest absolute Gasteiger partial charge is 0.340 e. The molecule has 1 aliphatic heterocycles. The van der Waals surface area contributed by atoms with Gasteiger partial charge in [0.1, 0.15) is 0 Å². The average molecular weight is 209 g/mol. The fourth-order valence-electron chi connectivity index (χ4n) is 3.10. The van der Waals surface area contributed by atoms with E-state index in [2.05, 4.69) is 11.8 Å².